The molecule has 0 aromatic carbocycles. The van der Waals surface area contributed by atoms with Crippen LogP contribution in [0, 0.1) is 0 Å². The Morgan fingerprint density at radius 1 is 0.576 bits per heavy atom. The van der Waals surface area contributed by atoms with E-state index in [0.717, 1.165) is 12.8 Å². The van der Waals surface area contributed by atoms with Gasteiger partial charge in [-0.25, -0.2) is 4.79 Å². The summed E-state index contributed by atoms with van der Waals surface area (Å²) in [4.78, 5) is 11.5. The van der Waals surface area contributed by atoms with Crippen LogP contribution in [0.1, 0.15) is 155 Å². The first kappa shape index (κ1) is 32.2. The predicted octanol–water partition coefficient (Wildman–Crippen LogP) is 9.72. The molecule has 0 bridgehead atoms. The molecule has 0 heterocycles. The van der Waals surface area contributed by atoms with Crippen molar-refractivity contribution < 1.29 is 14.3 Å². The molecule has 3 heteroatoms. The smallest absolute Gasteiger partial charge is 0.334 e. The monoisotopic (exact) mass is 466 g/mol. The lowest BCUT2D eigenvalue weighted by Crippen LogP contribution is -2.24. The van der Waals surface area contributed by atoms with Crippen LogP contribution in [-0.2, 0) is 14.3 Å². The molecule has 0 spiro atoms. The minimum atomic E-state index is -0.382. The lowest BCUT2D eigenvalue weighted by Gasteiger charge is -2.12. The molecule has 3 nitrogen and oxygen atoms in total. The quantitative estimate of drug-likeness (QED) is 0.0722. The largest absolute Gasteiger partial charge is 0.467 e. The maximum absolute atomic E-state index is 11.5. The molecule has 0 saturated carbocycles. The molecule has 0 fully saturated rings. The third kappa shape index (κ3) is 24.1. The van der Waals surface area contributed by atoms with Gasteiger partial charge in [0, 0.05) is 7.11 Å². The van der Waals surface area contributed by atoms with Gasteiger partial charge in [0.1, 0.15) is 0 Å². The highest BCUT2D eigenvalue weighted by Gasteiger charge is 2.17. The Morgan fingerprint density at radius 2 is 0.939 bits per heavy atom. The van der Waals surface area contributed by atoms with Gasteiger partial charge in [-0.05, 0) is 32.1 Å². The number of allylic oxidation sites excluding steroid dienone is 2. The summed E-state index contributed by atoms with van der Waals surface area (Å²) >= 11 is 0. The molecule has 196 valence electrons. The van der Waals surface area contributed by atoms with Crippen LogP contribution < -0.4 is 0 Å². The first-order chi connectivity index (χ1) is 16.3. The van der Waals surface area contributed by atoms with Gasteiger partial charge in [-0.3, -0.25) is 0 Å². The first-order valence-electron chi connectivity index (χ1n) is 14.5. The number of carbonyl (C=O) groups is 1. The highest BCUT2D eigenvalue weighted by Crippen LogP contribution is 2.15. The minimum Gasteiger partial charge on any atom is -0.467 e. The van der Waals surface area contributed by atoms with E-state index in [1.54, 1.807) is 7.11 Å². The molecule has 0 aromatic rings. The molecule has 0 aromatic heterocycles. The summed E-state index contributed by atoms with van der Waals surface area (Å²) in [5, 5.41) is 0. The van der Waals surface area contributed by atoms with Gasteiger partial charge in [-0.15, -0.1) is 0 Å². The zero-order valence-corrected chi connectivity index (χ0v) is 22.7. The van der Waals surface area contributed by atoms with E-state index in [-0.39, 0.29) is 12.1 Å². The Balaban J connectivity index is 3.17. The standard InChI is InChI=1S/C30H58O3/c1-4-5-6-7-8-9-10-11-12-13-14-15-16-17-18-19-20-21-22-23-24-25-26-27-28-29(32-2)30(31)33-3/h9-10,29H,4-8,11-28H2,1-3H3/b10-9-/t29-/m1/s1. The summed E-state index contributed by atoms with van der Waals surface area (Å²) in [5.41, 5.74) is 0. The fourth-order valence-corrected chi connectivity index (χ4v) is 4.45. The molecule has 0 saturated heterocycles. The molecule has 0 aliphatic carbocycles. The van der Waals surface area contributed by atoms with Gasteiger partial charge in [0.05, 0.1) is 7.11 Å². The van der Waals surface area contributed by atoms with Gasteiger partial charge in [-0.1, -0.05) is 135 Å². The fourth-order valence-electron chi connectivity index (χ4n) is 4.45. The van der Waals surface area contributed by atoms with Crippen LogP contribution in [0.3, 0.4) is 0 Å². The van der Waals surface area contributed by atoms with Crippen molar-refractivity contribution in [3.63, 3.8) is 0 Å². The highest BCUT2D eigenvalue weighted by atomic mass is 16.6. The molecule has 1 atom stereocenters. The fraction of sp³-hybridized carbons (Fsp3) is 0.900. The summed E-state index contributed by atoms with van der Waals surface area (Å²) in [6, 6.07) is 0. The van der Waals surface area contributed by atoms with Crippen LogP contribution in [0.25, 0.3) is 0 Å². The van der Waals surface area contributed by atoms with Crippen LogP contribution in [0.4, 0.5) is 0 Å². The van der Waals surface area contributed by atoms with Crippen molar-refractivity contribution in [3.8, 4) is 0 Å². The van der Waals surface area contributed by atoms with E-state index < -0.39 is 0 Å². The number of hydrogen-bond donors (Lipinski definition) is 0. The Morgan fingerprint density at radius 3 is 1.30 bits per heavy atom. The van der Waals surface area contributed by atoms with Gasteiger partial charge in [-0.2, -0.15) is 0 Å². The van der Waals surface area contributed by atoms with E-state index in [9.17, 15) is 4.79 Å². The van der Waals surface area contributed by atoms with Gasteiger partial charge in [0.25, 0.3) is 0 Å². The first-order valence-corrected chi connectivity index (χ1v) is 14.5. The zero-order chi connectivity index (χ0) is 24.2. The maximum atomic E-state index is 11.5. The van der Waals surface area contributed by atoms with Crippen molar-refractivity contribution >= 4 is 5.97 Å². The summed E-state index contributed by atoms with van der Waals surface area (Å²) in [6.45, 7) is 2.28. The molecule has 0 amide bonds. The van der Waals surface area contributed by atoms with E-state index >= 15 is 0 Å². The topological polar surface area (TPSA) is 35.5 Å². The van der Waals surface area contributed by atoms with Crippen molar-refractivity contribution in [3.05, 3.63) is 12.2 Å². The van der Waals surface area contributed by atoms with Gasteiger partial charge < -0.3 is 9.47 Å². The third-order valence-electron chi connectivity index (χ3n) is 6.73. The van der Waals surface area contributed by atoms with Crippen LogP contribution in [0.2, 0.25) is 0 Å². The van der Waals surface area contributed by atoms with Crippen LogP contribution in [0.5, 0.6) is 0 Å². The number of ether oxygens (including phenoxy) is 2. The Labute approximate surface area is 207 Å². The second-order valence-electron chi connectivity index (χ2n) is 9.80. The Bertz CT molecular complexity index is 419. The maximum Gasteiger partial charge on any atom is 0.334 e. The number of methoxy groups -OCH3 is 2. The average molecular weight is 467 g/mol. The van der Waals surface area contributed by atoms with Crippen LogP contribution in [-0.4, -0.2) is 26.3 Å². The van der Waals surface area contributed by atoms with Gasteiger partial charge in [0.15, 0.2) is 6.10 Å². The number of unbranched alkanes of at least 4 members (excludes halogenated alkanes) is 20. The van der Waals surface area contributed by atoms with E-state index in [1.807, 2.05) is 0 Å². The summed E-state index contributed by atoms with van der Waals surface area (Å²) in [7, 11) is 3.01. The molecule has 0 unspecified atom stereocenters. The van der Waals surface area contributed by atoms with Crippen LogP contribution in [0.15, 0.2) is 12.2 Å². The summed E-state index contributed by atoms with van der Waals surface area (Å²) in [5.74, 6) is -0.246. The van der Waals surface area contributed by atoms with Crippen molar-refractivity contribution in [2.45, 2.75) is 161 Å². The second kappa shape index (κ2) is 27.4. The Hall–Kier alpha value is -0.830. The van der Waals surface area contributed by atoms with Crippen LogP contribution >= 0.6 is 0 Å². The number of hydrogen-bond acceptors (Lipinski definition) is 3. The lowest BCUT2D eigenvalue weighted by atomic mass is 10.0. The third-order valence-corrected chi connectivity index (χ3v) is 6.73. The van der Waals surface area contributed by atoms with E-state index in [1.165, 1.54) is 142 Å². The molecular formula is C30H58O3. The normalized spacial score (nSPS) is 12.5. The van der Waals surface area contributed by atoms with Gasteiger partial charge in [0.2, 0.25) is 0 Å². The predicted molar refractivity (Wildman–Crippen MR) is 144 cm³/mol. The second-order valence-corrected chi connectivity index (χ2v) is 9.80. The van der Waals surface area contributed by atoms with Crippen molar-refractivity contribution in [1.82, 2.24) is 0 Å². The molecular weight excluding hydrogens is 408 g/mol. The molecule has 0 aliphatic heterocycles. The molecule has 0 N–H and O–H groups in total. The minimum absolute atomic E-state index is 0.246. The van der Waals surface area contributed by atoms with E-state index in [0.29, 0.717) is 0 Å². The highest BCUT2D eigenvalue weighted by molar-refractivity contribution is 5.74. The SMILES string of the molecule is CCCCCC/C=C\CCCCCCCCCCCCCCCCCC[C@@H](OC)C(=O)OC. The van der Waals surface area contributed by atoms with Crippen molar-refractivity contribution in [2.75, 3.05) is 14.2 Å². The van der Waals surface area contributed by atoms with E-state index in [2.05, 4.69) is 19.1 Å². The van der Waals surface area contributed by atoms with Crippen molar-refractivity contribution in [1.29, 1.82) is 0 Å². The molecule has 0 aliphatic rings. The molecule has 0 radical (unpaired) electrons. The number of rotatable bonds is 26. The summed E-state index contributed by atoms with van der Waals surface area (Å²) < 4.78 is 9.92. The summed E-state index contributed by atoms with van der Waals surface area (Å²) in [6.07, 6.45) is 35.1. The average Bonchev–Trinajstić information content (AvgIpc) is 2.83. The lowest BCUT2D eigenvalue weighted by molar-refractivity contribution is -0.152. The molecule has 33 heavy (non-hydrogen) atoms. The molecule has 0 rings (SSSR count). The zero-order valence-electron chi connectivity index (χ0n) is 22.7. The number of esters is 1. The van der Waals surface area contributed by atoms with Gasteiger partial charge >= 0.3 is 5.97 Å². The Kier molecular flexibility index (Phi) is 26.7. The van der Waals surface area contributed by atoms with Crippen molar-refractivity contribution in [2.24, 2.45) is 0 Å². The van der Waals surface area contributed by atoms with E-state index in [4.69, 9.17) is 9.47 Å². The number of carbonyl (C=O) groups excluding carboxylic acids is 1.